The number of methoxy groups -OCH3 is 1. The van der Waals surface area contributed by atoms with Gasteiger partial charge in [0.15, 0.2) is 0 Å². The molecule has 0 unspecified atom stereocenters. The third kappa shape index (κ3) is 3.58. The number of ether oxygens (including phenoxy) is 2. The molecule has 1 N–H and O–H groups in total. The molecule has 1 aromatic heterocycles. The zero-order valence-corrected chi connectivity index (χ0v) is 20.0. The minimum Gasteiger partial charge on any atom is -0.469 e. The highest BCUT2D eigenvalue weighted by molar-refractivity contribution is 7.99. The number of esters is 1. The summed E-state index contributed by atoms with van der Waals surface area (Å²) in [5.74, 6) is 3.33. The number of hydrogen-bond donors (Lipinski definition) is 1. The molecule has 1 aromatic carbocycles. The SMILES string of the molecule is COC(=O)C12COC(CNc3nc4c(c(N5CC(Cc6ccccc6C)C5)n3)SCC4)(C1)C2. The molecular weight excluding hydrogens is 436 g/mol. The van der Waals surface area contributed by atoms with E-state index in [0.717, 1.165) is 43.2 Å². The number of aromatic nitrogens is 2. The van der Waals surface area contributed by atoms with Crippen molar-refractivity contribution in [3.05, 3.63) is 41.1 Å². The van der Waals surface area contributed by atoms with Gasteiger partial charge in [0.1, 0.15) is 5.82 Å². The Labute approximate surface area is 198 Å². The number of aryl methyl sites for hydroxylation is 2. The summed E-state index contributed by atoms with van der Waals surface area (Å²) in [6, 6.07) is 8.69. The molecule has 0 spiro atoms. The van der Waals surface area contributed by atoms with Gasteiger partial charge in [-0.3, -0.25) is 4.79 Å². The molecule has 0 atom stereocenters. The normalized spacial score (nSPS) is 27.6. The van der Waals surface area contributed by atoms with Crippen LogP contribution in [0.1, 0.15) is 29.7 Å². The molecule has 5 heterocycles. The Hall–Kier alpha value is -2.32. The van der Waals surface area contributed by atoms with Gasteiger partial charge >= 0.3 is 5.97 Å². The first-order valence-electron chi connectivity index (χ1n) is 11.8. The number of benzene rings is 1. The van der Waals surface area contributed by atoms with Gasteiger partial charge in [-0.15, -0.1) is 11.8 Å². The van der Waals surface area contributed by atoms with Crippen LogP contribution in [0.5, 0.6) is 0 Å². The summed E-state index contributed by atoms with van der Waals surface area (Å²) < 4.78 is 11.0. The van der Waals surface area contributed by atoms with Crippen LogP contribution in [0.25, 0.3) is 0 Å². The molecule has 7 rings (SSSR count). The fourth-order valence-corrected chi connectivity index (χ4v) is 7.00. The Balaban J connectivity index is 1.12. The maximum absolute atomic E-state index is 12.1. The van der Waals surface area contributed by atoms with Crippen molar-refractivity contribution in [1.82, 2.24) is 9.97 Å². The number of fused-ring (bicyclic) bond motifs is 2. The standard InChI is InChI=1S/C25H30N4O3S/c1-16-5-3-4-6-18(16)9-17-10-29(11-17)21-20-19(7-8-33-20)27-23(28-21)26-14-25-12-24(13-25,15-32-25)22(30)31-2/h3-6,17H,7-15H2,1-2H3,(H,26,27,28). The first kappa shape index (κ1) is 21.2. The average molecular weight is 467 g/mol. The molecule has 33 heavy (non-hydrogen) atoms. The molecule has 8 heteroatoms. The van der Waals surface area contributed by atoms with Crippen LogP contribution < -0.4 is 10.2 Å². The molecule has 2 aromatic rings. The highest BCUT2D eigenvalue weighted by Gasteiger charge is 2.66. The second-order valence-corrected chi connectivity index (χ2v) is 11.2. The third-order valence-electron chi connectivity index (χ3n) is 7.69. The zero-order chi connectivity index (χ0) is 22.6. The lowest BCUT2D eigenvalue weighted by molar-refractivity contribution is -0.157. The van der Waals surface area contributed by atoms with Crippen molar-refractivity contribution in [2.45, 2.75) is 43.1 Å². The van der Waals surface area contributed by atoms with Crippen LogP contribution in [0.4, 0.5) is 11.8 Å². The Morgan fingerprint density at radius 1 is 1.30 bits per heavy atom. The number of thioether (sulfide) groups is 1. The summed E-state index contributed by atoms with van der Waals surface area (Å²) in [5.41, 5.74) is 3.23. The molecule has 4 fully saturated rings. The number of nitrogens with one attached hydrogen (secondary N) is 1. The third-order valence-corrected chi connectivity index (χ3v) is 8.81. The summed E-state index contributed by atoms with van der Waals surface area (Å²) in [5, 5.41) is 3.44. The minimum absolute atomic E-state index is 0.151. The van der Waals surface area contributed by atoms with Gasteiger partial charge in [0, 0.05) is 31.8 Å². The number of nitrogens with zero attached hydrogens (tertiary/aromatic N) is 3. The van der Waals surface area contributed by atoms with E-state index >= 15 is 0 Å². The summed E-state index contributed by atoms with van der Waals surface area (Å²) in [6.45, 7) is 5.33. The topological polar surface area (TPSA) is 76.6 Å². The molecule has 1 aliphatic carbocycles. The van der Waals surface area contributed by atoms with E-state index in [4.69, 9.17) is 19.4 Å². The highest BCUT2D eigenvalue weighted by Crippen LogP contribution is 2.58. The molecule has 174 valence electrons. The van der Waals surface area contributed by atoms with Crippen LogP contribution in [-0.4, -0.2) is 60.6 Å². The van der Waals surface area contributed by atoms with E-state index in [1.807, 2.05) is 11.8 Å². The molecule has 0 amide bonds. The lowest BCUT2D eigenvalue weighted by Gasteiger charge is -2.42. The first-order chi connectivity index (χ1) is 16.0. The lowest BCUT2D eigenvalue weighted by atomic mass is 9.62. The van der Waals surface area contributed by atoms with Crippen molar-refractivity contribution in [3.63, 3.8) is 0 Å². The maximum atomic E-state index is 12.1. The Bertz CT molecular complexity index is 1100. The monoisotopic (exact) mass is 466 g/mol. The van der Waals surface area contributed by atoms with Crippen LogP contribution in [0, 0.1) is 18.3 Å². The van der Waals surface area contributed by atoms with E-state index in [1.165, 1.54) is 23.1 Å². The Morgan fingerprint density at radius 2 is 2.12 bits per heavy atom. The van der Waals surface area contributed by atoms with Crippen LogP contribution in [0.3, 0.4) is 0 Å². The fraction of sp³-hybridized carbons (Fsp3) is 0.560. The van der Waals surface area contributed by atoms with E-state index in [-0.39, 0.29) is 11.6 Å². The predicted molar refractivity (Wildman–Crippen MR) is 128 cm³/mol. The maximum Gasteiger partial charge on any atom is 0.314 e. The average Bonchev–Trinajstić information content (AvgIpc) is 3.48. The Kier molecular flexibility index (Phi) is 5.07. The minimum atomic E-state index is -0.444. The lowest BCUT2D eigenvalue weighted by Crippen LogP contribution is -2.52. The second kappa shape index (κ2) is 7.87. The van der Waals surface area contributed by atoms with Gasteiger partial charge < -0.3 is 19.7 Å². The number of hydrogen-bond acceptors (Lipinski definition) is 8. The fourth-order valence-electron chi connectivity index (χ4n) is 5.88. The van der Waals surface area contributed by atoms with Crippen molar-refractivity contribution in [2.24, 2.45) is 11.3 Å². The van der Waals surface area contributed by atoms with Crippen LogP contribution >= 0.6 is 11.8 Å². The van der Waals surface area contributed by atoms with Crippen molar-refractivity contribution in [3.8, 4) is 0 Å². The molecule has 4 aliphatic heterocycles. The summed E-state index contributed by atoms with van der Waals surface area (Å²) in [7, 11) is 1.45. The van der Waals surface area contributed by atoms with Gasteiger partial charge in [0.25, 0.3) is 0 Å². The van der Waals surface area contributed by atoms with E-state index in [0.29, 0.717) is 37.9 Å². The van der Waals surface area contributed by atoms with E-state index in [2.05, 4.69) is 41.4 Å². The van der Waals surface area contributed by atoms with Gasteiger partial charge in [-0.1, -0.05) is 24.3 Å². The van der Waals surface area contributed by atoms with Gasteiger partial charge in [-0.2, -0.15) is 4.98 Å². The van der Waals surface area contributed by atoms with Crippen molar-refractivity contribution in [1.29, 1.82) is 0 Å². The second-order valence-electron chi connectivity index (χ2n) is 10.1. The Morgan fingerprint density at radius 3 is 2.91 bits per heavy atom. The van der Waals surface area contributed by atoms with Gasteiger partial charge in [-0.25, -0.2) is 4.98 Å². The molecule has 5 aliphatic rings. The van der Waals surface area contributed by atoms with Crippen molar-refractivity contribution in [2.75, 3.05) is 49.3 Å². The summed E-state index contributed by atoms with van der Waals surface area (Å²) >= 11 is 1.87. The van der Waals surface area contributed by atoms with Crippen LogP contribution in [0.2, 0.25) is 0 Å². The van der Waals surface area contributed by atoms with E-state index in [1.54, 1.807) is 0 Å². The van der Waals surface area contributed by atoms with Gasteiger partial charge in [0.05, 0.1) is 35.3 Å². The van der Waals surface area contributed by atoms with Crippen LogP contribution in [-0.2, 0) is 27.1 Å². The molecule has 3 saturated heterocycles. The number of carbonyl (C=O) groups is 1. The summed E-state index contributed by atoms with van der Waals surface area (Å²) in [6.07, 6.45) is 3.52. The largest absolute Gasteiger partial charge is 0.469 e. The van der Waals surface area contributed by atoms with Crippen molar-refractivity contribution < 1.29 is 14.3 Å². The molecule has 0 radical (unpaired) electrons. The van der Waals surface area contributed by atoms with E-state index in [9.17, 15) is 4.79 Å². The quantitative estimate of drug-likeness (QED) is 0.624. The van der Waals surface area contributed by atoms with Gasteiger partial charge in [-0.05, 0) is 43.2 Å². The molecular formula is C25H30N4O3S. The van der Waals surface area contributed by atoms with E-state index < -0.39 is 5.41 Å². The summed E-state index contributed by atoms with van der Waals surface area (Å²) in [4.78, 5) is 25.5. The predicted octanol–water partition coefficient (Wildman–Crippen LogP) is 3.25. The molecule has 1 saturated carbocycles. The number of anilines is 2. The van der Waals surface area contributed by atoms with Crippen LogP contribution in [0.15, 0.2) is 29.2 Å². The molecule has 7 nitrogen and oxygen atoms in total. The first-order valence-corrected chi connectivity index (χ1v) is 12.8. The zero-order valence-electron chi connectivity index (χ0n) is 19.2. The van der Waals surface area contributed by atoms with Crippen molar-refractivity contribution >= 4 is 29.5 Å². The number of carbonyl (C=O) groups excluding carboxylic acids is 1. The smallest absolute Gasteiger partial charge is 0.314 e. The van der Waals surface area contributed by atoms with Gasteiger partial charge in [0.2, 0.25) is 5.95 Å². The number of rotatable bonds is 7. The molecule has 2 bridgehead atoms. The highest BCUT2D eigenvalue weighted by atomic mass is 32.2.